The fourth-order valence-electron chi connectivity index (χ4n) is 5.96. The van der Waals surface area contributed by atoms with Gasteiger partial charge >= 0.3 is 0 Å². The number of aromatic nitrogens is 3. The van der Waals surface area contributed by atoms with Gasteiger partial charge in [-0.2, -0.15) is 0 Å². The van der Waals surface area contributed by atoms with Gasteiger partial charge in [0.15, 0.2) is 0 Å². The molecule has 3 aromatic heterocycles. The molecule has 0 fully saturated rings. The molecule has 44 heavy (non-hydrogen) atoms. The van der Waals surface area contributed by atoms with Crippen LogP contribution in [-0.4, -0.2) is 15.0 Å². The molecule has 0 spiro atoms. The van der Waals surface area contributed by atoms with Crippen molar-refractivity contribution in [1.29, 1.82) is 0 Å². The summed E-state index contributed by atoms with van der Waals surface area (Å²) in [7, 11) is 0. The lowest BCUT2D eigenvalue weighted by atomic mass is 9.87. The minimum absolute atomic E-state index is 0.958. The van der Waals surface area contributed by atoms with Crippen molar-refractivity contribution in [3.05, 3.63) is 163 Å². The summed E-state index contributed by atoms with van der Waals surface area (Å²) in [6, 6.07) is 46.4. The lowest BCUT2D eigenvalue weighted by Gasteiger charge is -2.18. The van der Waals surface area contributed by atoms with E-state index >= 15 is 0 Å². The van der Waals surface area contributed by atoms with Crippen LogP contribution in [0.15, 0.2) is 152 Å². The van der Waals surface area contributed by atoms with Gasteiger partial charge in [0.05, 0.1) is 17.1 Å². The Bertz CT molecular complexity index is 2060. The summed E-state index contributed by atoms with van der Waals surface area (Å²) in [6.07, 6.45) is 5.75. The first-order valence-corrected chi connectivity index (χ1v) is 14.9. The highest BCUT2D eigenvalue weighted by atomic mass is 14.7. The topological polar surface area (TPSA) is 38.7 Å². The van der Waals surface area contributed by atoms with Crippen LogP contribution in [0.1, 0.15) is 11.1 Å². The Hall–Kier alpha value is -5.67. The molecular formula is C41H31N3. The molecule has 0 N–H and O–H groups in total. The van der Waals surface area contributed by atoms with Crippen molar-refractivity contribution in [2.45, 2.75) is 13.8 Å². The molecule has 0 radical (unpaired) electrons. The monoisotopic (exact) mass is 565 g/mol. The van der Waals surface area contributed by atoms with Gasteiger partial charge in [-0.1, -0.05) is 103 Å². The van der Waals surface area contributed by atoms with Crippen molar-refractivity contribution >= 4 is 0 Å². The Morgan fingerprint density at radius 1 is 0.386 bits per heavy atom. The van der Waals surface area contributed by atoms with Crippen molar-refractivity contribution in [2.75, 3.05) is 0 Å². The number of hydrogen-bond donors (Lipinski definition) is 0. The molecule has 7 rings (SSSR count). The van der Waals surface area contributed by atoms with Crippen LogP contribution >= 0.6 is 0 Å². The zero-order valence-electron chi connectivity index (χ0n) is 24.8. The summed E-state index contributed by atoms with van der Waals surface area (Å²) in [5.74, 6) is 0. The molecule has 0 unspecified atom stereocenters. The zero-order valence-corrected chi connectivity index (χ0v) is 24.8. The molecule has 0 saturated heterocycles. The SMILES string of the molecule is Cc1ccc(-c2ccccc2-c2ccnc(-c3ccccc3)c2)c(C)c1-c1cc(-c2ccc(-c3ccccc3)nc2)ccn1. The van der Waals surface area contributed by atoms with Crippen LogP contribution < -0.4 is 0 Å². The highest BCUT2D eigenvalue weighted by Crippen LogP contribution is 2.39. The first-order valence-electron chi connectivity index (χ1n) is 14.9. The van der Waals surface area contributed by atoms with Crippen molar-refractivity contribution in [3.8, 4) is 67.2 Å². The fourth-order valence-corrected chi connectivity index (χ4v) is 5.96. The second-order valence-corrected chi connectivity index (χ2v) is 11.0. The number of pyridine rings is 3. The van der Waals surface area contributed by atoms with Gasteiger partial charge in [0.2, 0.25) is 0 Å². The molecule has 0 saturated carbocycles. The van der Waals surface area contributed by atoms with E-state index in [2.05, 4.69) is 116 Å². The van der Waals surface area contributed by atoms with Crippen molar-refractivity contribution in [1.82, 2.24) is 15.0 Å². The minimum atomic E-state index is 0.958. The highest BCUT2D eigenvalue weighted by Gasteiger charge is 2.16. The third-order valence-corrected chi connectivity index (χ3v) is 8.21. The molecule has 0 atom stereocenters. The van der Waals surface area contributed by atoms with Gasteiger partial charge in [0.25, 0.3) is 0 Å². The average Bonchev–Trinajstić information content (AvgIpc) is 3.09. The Kier molecular flexibility index (Phi) is 7.35. The Labute approximate surface area is 258 Å². The third-order valence-electron chi connectivity index (χ3n) is 8.21. The maximum absolute atomic E-state index is 4.85. The minimum Gasteiger partial charge on any atom is -0.256 e. The van der Waals surface area contributed by atoms with Gasteiger partial charge in [-0.3, -0.25) is 15.0 Å². The Morgan fingerprint density at radius 3 is 1.70 bits per heavy atom. The summed E-state index contributed by atoms with van der Waals surface area (Å²) >= 11 is 0. The molecular weight excluding hydrogens is 534 g/mol. The van der Waals surface area contributed by atoms with E-state index in [0.717, 1.165) is 50.5 Å². The maximum Gasteiger partial charge on any atom is 0.0713 e. The van der Waals surface area contributed by atoms with Crippen LogP contribution in [0.4, 0.5) is 0 Å². The van der Waals surface area contributed by atoms with E-state index in [9.17, 15) is 0 Å². The molecule has 0 aliphatic carbocycles. The normalized spacial score (nSPS) is 11.0. The van der Waals surface area contributed by atoms with Crippen LogP contribution in [-0.2, 0) is 0 Å². The van der Waals surface area contributed by atoms with Crippen LogP contribution in [0.25, 0.3) is 67.2 Å². The largest absolute Gasteiger partial charge is 0.256 e. The molecule has 4 aromatic carbocycles. The van der Waals surface area contributed by atoms with E-state index in [1.165, 1.54) is 27.8 Å². The predicted octanol–water partition coefficient (Wildman–Crippen LogP) is 10.5. The van der Waals surface area contributed by atoms with E-state index in [1.807, 2.05) is 55.0 Å². The molecule has 0 bridgehead atoms. The summed E-state index contributed by atoms with van der Waals surface area (Å²) in [5, 5.41) is 0. The van der Waals surface area contributed by atoms with E-state index in [-0.39, 0.29) is 0 Å². The number of hydrogen-bond acceptors (Lipinski definition) is 3. The zero-order chi connectivity index (χ0) is 29.9. The summed E-state index contributed by atoms with van der Waals surface area (Å²) in [5.41, 5.74) is 15.5. The van der Waals surface area contributed by atoms with Crippen LogP contribution in [0, 0.1) is 13.8 Å². The smallest absolute Gasteiger partial charge is 0.0713 e. The van der Waals surface area contributed by atoms with Gasteiger partial charge in [-0.05, 0) is 83.1 Å². The van der Waals surface area contributed by atoms with Crippen molar-refractivity contribution in [2.24, 2.45) is 0 Å². The highest BCUT2D eigenvalue weighted by molar-refractivity contribution is 5.89. The molecule has 0 aliphatic rings. The van der Waals surface area contributed by atoms with Gasteiger partial charge in [0.1, 0.15) is 0 Å². The third kappa shape index (κ3) is 5.32. The molecule has 3 heterocycles. The van der Waals surface area contributed by atoms with Crippen molar-refractivity contribution in [3.63, 3.8) is 0 Å². The van der Waals surface area contributed by atoms with Crippen LogP contribution in [0.5, 0.6) is 0 Å². The van der Waals surface area contributed by atoms with Crippen molar-refractivity contribution < 1.29 is 0 Å². The van der Waals surface area contributed by atoms with E-state index in [0.29, 0.717) is 0 Å². The quantitative estimate of drug-likeness (QED) is 0.201. The molecule has 0 amide bonds. The van der Waals surface area contributed by atoms with E-state index < -0.39 is 0 Å². The summed E-state index contributed by atoms with van der Waals surface area (Å²) in [4.78, 5) is 14.3. The summed E-state index contributed by atoms with van der Waals surface area (Å²) < 4.78 is 0. The summed E-state index contributed by atoms with van der Waals surface area (Å²) in [6.45, 7) is 4.37. The number of aryl methyl sites for hydroxylation is 1. The molecule has 210 valence electrons. The Morgan fingerprint density at radius 2 is 1.00 bits per heavy atom. The van der Waals surface area contributed by atoms with Gasteiger partial charge in [0, 0.05) is 40.8 Å². The second-order valence-electron chi connectivity index (χ2n) is 11.0. The Balaban J connectivity index is 1.27. The number of benzene rings is 4. The number of nitrogens with zero attached hydrogens (tertiary/aromatic N) is 3. The number of rotatable bonds is 6. The van der Waals surface area contributed by atoms with E-state index in [1.54, 1.807) is 0 Å². The van der Waals surface area contributed by atoms with Crippen LogP contribution in [0.2, 0.25) is 0 Å². The standard InChI is InChI=1S/C41H31N3/c1-28-17-19-35(37-16-10-9-15-36(37)33-22-24-42-39(26-33)31-13-7-4-8-14-31)29(2)41(28)40-25-32(21-23-43-40)34-18-20-38(44-27-34)30-11-5-3-6-12-30/h3-27H,1-2H3. The first kappa shape index (κ1) is 27.2. The predicted molar refractivity (Wildman–Crippen MR) is 182 cm³/mol. The molecule has 3 heteroatoms. The van der Waals surface area contributed by atoms with Gasteiger partial charge in [-0.25, -0.2) is 0 Å². The molecule has 0 aliphatic heterocycles. The van der Waals surface area contributed by atoms with Gasteiger partial charge in [-0.15, -0.1) is 0 Å². The lowest BCUT2D eigenvalue weighted by molar-refractivity contribution is 1.27. The van der Waals surface area contributed by atoms with Crippen LogP contribution in [0.3, 0.4) is 0 Å². The molecule has 7 aromatic rings. The second kappa shape index (κ2) is 11.9. The van der Waals surface area contributed by atoms with E-state index in [4.69, 9.17) is 9.97 Å². The average molecular weight is 566 g/mol. The lowest BCUT2D eigenvalue weighted by Crippen LogP contribution is -1.96. The molecule has 3 nitrogen and oxygen atoms in total. The first-order chi connectivity index (χ1) is 21.7. The fraction of sp³-hybridized carbons (Fsp3) is 0.0488. The van der Waals surface area contributed by atoms with Gasteiger partial charge < -0.3 is 0 Å². The maximum atomic E-state index is 4.85.